The van der Waals surface area contributed by atoms with E-state index in [0.717, 1.165) is 23.4 Å². The quantitative estimate of drug-likeness (QED) is 0.543. The van der Waals surface area contributed by atoms with Gasteiger partial charge in [-0.2, -0.15) is 0 Å². The Labute approximate surface area is 147 Å². The summed E-state index contributed by atoms with van der Waals surface area (Å²) in [5.74, 6) is 0.945. The summed E-state index contributed by atoms with van der Waals surface area (Å²) < 4.78 is 5.53. The molecule has 0 amide bonds. The third-order valence-electron chi connectivity index (χ3n) is 3.87. The molecule has 0 bridgehead atoms. The predicted molar refractivity (Wildman–Crippen MR) is 101 cm³/mol. The number of aromatic nitrogens is 1. The molecule has 1 aromatic heterocycles. The molecule has 5 nitrogen and oxygen atoms in total. The number of oxazole rings is 1. The SMILES string of the molecule is CCc1cccc(NC(N)=NCc2coc(-c3ccc(C)cc3)n2)c1. The lowest BCUT2D eigenvalue weighted by atomic mass is 10.1. The summed E-state index contributed by atoms with van der Waals surface area (Å²) in [5, 5.41) is 3.10. The fourth-order valence-electron chi connectivity index (χ4n) is 2.43. The summed E-state index contributed by atoms with van der Waals surface area (Å²) in [4.78, 5) is 8.79. The van der Waals surface area contributed by atoms with E-state index in [9.17, 15) is 0 Å². The van der Waals surface area contributed by atoms with Gasteiger partial charge in [0.1, 0.15) is 12.0 Å². The van der Waals surface area contributed by atoms with E-state index in [-0.39, 0.29) is 0 Å². The van der Waals surface area contributed by atoms with Gasteiger partial charge < -0.3 is 15.5 Å². The molecule has 0 aliphatic heterocycles. The van der Waals surface area contributed by atoms with Crippen LogP contribution in [0.3, 0.4) is 0 Å². The zero-order chi connectivity index (χ0) is 17.6. The van der Waals surface area contributed by atoms with Gasteiger partial charge in [-0.3, -0.25) is 0 Å². The van der Waals surface area contributed by atoms with E-state index >= 15 is 0 Å². The standard InChI is InChI=1S/C20H22N4O/c1-3-15-5-4-6-17(11-15)24-20(21)22-12-18-13-25-19(23-18)16-9-7-14(2)8-10-16/h4-11,13H,3,12H2,1-2H3,(H3,21,22,24). The van der Waals surface area contributed by atoms with Crippen molar-refractivity contribution < 1.29 is 4.42 Å². The first-order valence-electron chi connectivity index (χ1n) is 8.31. The average molecular weight is 334 g/mol. The van der Waals surface area contributed by atoms with Crippen LogP contribution in [0.25, 0.3) is 11.5 Å². The average Bonchev–Trinajstić information content (AvgIpc) is 3.10. The van der Waals surface area contributed by atoms with Crippen molar-refractivity contribution in [2.24, 2.45) is 10.7 Å². The second-order valence-electron chi connectivity index (χ2n) is 5.89. The molecule has 5 heteroatoms. The van der Waals surface area contributed by atoms with Crippen LogP contribution in [0.2, 0.25) is 0 Å². The number of rotatable bonds is 5. The van der Waals surface area contributed by atoms with Gasteiger partial charge in [0, 0.05) is 11.3 Å². The molecule has 0 unspecified atom stereocenters. The van der Waals surface area contributed by atoms with E-state index in [1.165, 1.54) is 11.1 Å². The minimum absolute atomic E-state index is 0.355. The van der Waals surface area contributed by atoms with Gasteiger partial charge in [0.25, 0.3) is 0 Å². The highest BCUT2D eigenvalue weighted by molar-refractivity contribution is 5.92. The monoisotopic (exact) mass is 334 g/mol. The number of hydrogen-bond acceptors (Lipinski definition) is 3. The smallest absolute Gasteiger partial charge is 0.226 e. The largest absolute Gasteiger partial charge is 0.444 e. The molecule has 0 aliphatic carbocycles. The molecule has 0 aliphatic rings. The second kappa shape index (κ2) is 7.66. The molecule has 3 N–H and O–H groups in total. The van der Waals surface area contributed by atoms with Crippen molar-refractivity contribution in [1.29, 1.82) is 0 Å². The lowest BCUT2D eigenvalue weighted by Gasteiger charge is -2.06. The topological polar surface area (TPSA) is 76.4 Å². The van der Waals surface area contributed by atoms with Crippen LogP contribution in [-0.2, 0) is 13.0 Å². The Hall–Kier alpha value is -3.08. The summed E-state index contributed by atoms with van der Waals surface area (Å²) in [6.45, 7) is 4.53. The number of benzene rings is 2. The van der Waals surface area contributed by atoms with E-state index in [4.69, 9.17) is 10.2 Å². The number of nitrogens with two attached hydrogens (primary N) is 1. The summed E-state index contributed by atoms with van der Waals surface area (Å²) in [6, 6.07) is 16.2. The minimum atomic E-state index is 0.355. The Kier molecular flexibility index (Phi) is 5.14. The maximum absolute atomic E-state index is 5.96. The van der Waals surface area contributed by atoms with Crippen molar-refractivity contribution in [1.82, 2.24) is 4.98 Å². The maximum Gasteiger partial charge on any atom is 0.226 e. The van der Waals surface area contributed by atoms with Gasteiger partial charge in [-0.15, -0.1) is 0 Å². The molecule has 3 rings (SSSR count). The van der Waals surface area contributed by atoms with E-state index in [2.05, 4.69) is 34.3 Å². The van der Waals surface area contributed by atoms with Gasteiger partial charge >= 0.3 is 0 Å². The Morgan fingerprint density at radius 3 is 2.76 bits per heavy atom. The van der Waals surface area contributed by atoms with Gasteiger partial charge in [0.05, 0.1) is 6.54 Å². The van der Waals surface area contributed by atoms with Gasteiger partial charge in [-0.1, -0.05) is 36.8 Å². The lowest BCUT2D eigenvalue weighted by molar-refractivity contribution is 0.572. The Morgan fingerprint density at radius 2 is 2.00 bits per heavy atom. The fraction of sp³-hybridized carbons (Fsp3) is 0.200. The van der Waals surface area contributed by atoms with Crippen molar-refractivity contribution in [3.8, 4) is 11.5 Å². The molecule has 0 fully saturated rings. The Bertz CT molecular complexity index is 865. The first kappa shape index (κ1) is 16.8. The summed E-state index contributed by atoms with van der Waals surface area (Å²) >= 11 is 0. The number of guanidine groups is 1. The summed E-state index contributed by atoms with van der Waals surface area (Å²) in [6.07, 6.45) is 2.59. The number of aryl methyl sites for hydroxylation is 2. The lowest BCUT2D eigenvalue weighted by Crippen LogP contribution is -2.22. The highest BCUT2D eigenvalue weighted by Crippen LogP contribution is 2.19. The number of hydrogen-bond donors (Lipinski definition) is 2. The highest BCUT2D eigenvalue weighted by Gasteiger charge is 2.06. The van der Waals surface area contributed by atoms with Crippen LogP contribution in [0.1, 0.15) is 23.7 Å². The van der Waals surface area contributed by atoms with E-state index in [1.807, 2.05) is 43.3 Å². The van der Waals surface area contributed by atoms with Crippen LogP contribution in [-0.4, -0.2) is 10.9 Å². The van der Waals surface area contributed by atoms with E-state index in [1.54, 1.807) is 6.26 Å². The van der Waals surface area contributed by atoms with Crippen molar-refractivity contribution in [3.05, 3.63) is 71.6 Å². The summed E-state index contributed by atoms with van der Waals surface area (Å²) in [7, 11) is 0. The van der Waals surface area contributed by atoms with E-state index < -0.39 is 0 Å². The van der Waals surface area contributed by atoms with Crippen molar-refractivity contribution in [3.63, 3.8) is 0 Å². The zero-order valence-electron chi connectivity index (χ0n) is 14.5. The zero-order valence-corrected chi connectivity index (χ0v) is 14.5. The highest BCUT2D eigenvalue weighted by atomic mass is 16.3. The van der Waals surface area contributed by atoms with Gasteiger partial charge in [-0.05, 0) is 43.2 Å². The predicted octanol–water partition coefficient (Wildman–Crippen LogP) is 4.14. The number of nitrogens with one attached hydrogen (secondary N) is 1. The van der Waals surface area contributed by atoms with Crippen molar-refractivity contribution in [2.75, 3.05) is 5.32 Å². The number of anilines is 1. The van der Waals surface area contributed by atoms with Crippen molar-refractivity contribution >= 4 is 11.6 Å². The molecular weight excluding hydrogens is 312 g/mol. The molecule has 2 aromatic carbocycles. The van der Waals surface area contributed by atoms with Crippen LogP contribution in [0.4, 0.5) is 5.69 Å². The van der Waals surface area contributed by atoms with E-state index in [0.29, 0.717) is 18.4 Å². The van der Waals surface area contributed by atoms with Crippen LogP contribution < -0.4 is 11.1 Å². The first-order valence-corrected chi connectivity index (χ1v) is 8.31. The van der Waals surface area contributed by atoms with Gasteiger partial charge in [-0.25, -0.2) is 9.98 Å². The summed E-state index contributed by atoms with van der Waals surface area (Å²) in [5.41, 5.74) is 11.0. The molecule has 0 radical (unpaired) electrons. The van der Waals surface area contributed by atoms with Crippen LogP contribution >= 0.6 is 0 Å². The molecule has 0 spiro atoms. The first-order chi connectivity index (χ1) is 12.1. The van der Waals surface area contributed by atoms with Crippen molar-refractivity contribution in [2.45, 2.75) is 26.8 Å². The van der Waals surface area contributed by atoms with Gasteiger partial charge in [0.2, 0.25) is 5.89 Å². The molecular formula is C20H22N4O. The Morgan fingerprint density at radius 1 is 1.20 bits per heavy atom. The van der Waals surface area contributed by atoms with Crippen LogP contribution in [0, 0.1) is 6.92 Å². The molecule has 128 valence electrons. The minimum Gasteiger partial charge on any atom is -0.444 e. The van der Waals surface area contributed by atoms with Crippen LogP contribution in [0.15, 0.2) is 64.2 Å². The van der Waals surface area contributed by atoms with Gasteiger partial charge in [0.15, 0.2) is 5.96 Å². The fourth-order valence-corrected chi connectivity index (χ4v) is 2.43. The third kappa shape index (κ3) is 4.47. The van der Waals surface area contributed by atoms with Crippen LogP contribution in [0.5, 0.6) is 0 Å². The molecule has 3 aromatic rings. The molecule has 0 atom stereocenters. The third-order valence-corrected chi connectivity index (χ3v) is 3.87. The molecule has 0 saturated carbocycles. The molecule has 1 heterocycles. The Balaban J connectivity index is 1.64. The second-order valence-corrected chi connectivity index (χ2v) is 5.89. The molecule has 25 heavy (non-hydrogen) atoms. The number of nitrogens with zero attached hydrogens (tertiary/aromatic N) is 2. The normalized spacial score (nSPS) is 11.5. The maximum atomic E-state index is 5.96. The number of aliphatic imine (C=N–C) groups is 1. The molecule has 0 saturated heterocycles.